The van der Waals surface area contributed by atoms with E-state index in [0.717, 1.165) is 15.7 Å². The number of aromatic nitrogens is 1. The fourth-order valence-electron chi connectivity index (χ4n) is 1.91. The zero-order valence-corrected chi connectivity index (χ0v) is 11.0. The van der Waals surface area contributed by atoms with Crippen molar-refractivity contribution in [2.45, 2.75) is 19.9 Å². The van der Waals surface area contributed by atoms with E-state index in [4.69, 9.17) is 9.84 Å². The highest BCUT2D eigenvalue weighted by Gasteiger charge is 2.37. The molecule has 1 aromatic rings. The molecule has 1 aliphatic rings. The van der Waals surface area contributed by atoms with E-state index in [2.05, 4.69) is 4.98 Å². The molecule has 2 atom stereocenters. The summed E-state index contributed by atoms with van der Waals surface area (Å²) in [6.07, 6.45) is 0. The molecule has 6 heteroatoms. The first kappa shape index (κ1) is 12.3. The molecule has 0 amide bonds. The van der Waals surface area contributed by atoms with Crippen LogP contribution >= 0.6 is 11.3 Å². The second kappa shape index (κ2) is 4.62. The highest BCUT2D eigenvalue weighted by molar-refractivity contribution is 7.15. The average molecular weight is 256 g/mol. The van der Waals surface area contributed by atoms with Gasteiger partial charge in [-0.2, -0.15) is 0 Å². The van der Waals surface area contributed by atoms with Gasteiger partial charge in [0.05, 0.1) is 24.9 Å². The maximum Gasteiger partial charge on any atom is 0.311 e. The Morgan fingerprint density at radius 2 is 2.24 bits per heavy atom. The first-order valence-electron chi connectivity index (χ1n) is 5.48. The van der Waals surface area contributed by atoms with Crippen molar-refractivity contribution in [3.8, 4) is 0 Å². The van der Waals surface area contributed by atoms with E-state index in [1.807, 2.05) is 25.8 Å². The molecule has 2 unspecified atom stereocenters. The maximum atomic E-state index is 11.1. The van der Waals surface area contributed by atoms with Crippen molar-refractivity contribution in [2.75, 3.05) is 25.2 Å². The van der Waals surface area contributed by atoms with E-state index in [-0.39, 0.29) is 12.6 Å². The summed E-state index contributed by atoms with van der Waals surface area (Å²) in [7, 11) is 1.88. The molecular weight excluding hydrogens is 240 g/mol. The van der Waals surface area contributed by atoms with Gasteiger partial charge >= 0.3 is 5.97 Å². The molecule has 0 spiro atoms. The van der Waals surface area contributed by atoms with E-state index in [9.17, 15) is 4.79 Å². The van der Waals surface area contributed by atoms with Crippen LogP contribution in [0.15, 0.2) is 0 Å². The number of ether oxygens (including phenoxy) is 1. The minimum atomic E-state index is -0.802. The largest absolute Gasteiger partial charge is 0.481 e. The van der Waals surface area contributed by atoms with Gasteiger partial charge in [0.15, 0.2) is 5.13 Å². The highest BCUT2D eigenvalue weighted by Crippen LogP contribution is 2.29. The predicted octanol–water partition coefficient (Wildman–Crippen LogP) is 1.30. The predicted molar refractivity (Wildman–Crippen MR) is 65.7 cm³/mol. The number of thiazole rings is 1. The van der Waals surface area contributed by atoms with E-state index < -0.39 is 11.9 Å². The Balaban J connectivity index is 2.19. The smallest absolute Gasteiger partial charge is 0.311 e. The summed E-state index contributed by atoms with van der Waals surface area (Å²) in [6.45, 7) is 4.71. The molecule has 0 bridgehead atoms. The lowest BCUT2D eigenvalue weighted by atomic mass is 10.0. The number of hydrogen-bond acceptors (Lipinski definition) is 5. The minimum Gasteiger partial charge on any atom is -0.481 e. The Morgan fingerprint density at radius 1 is 1.53 bits per heavy atom. The van der Waals surface area contributed by atoms with Crippen LogP contribution in [0.1, 0.15) is 10.6 Å². The second-order valence-corrected chi connectivity index (χ2v) is 5.48. The van der Waals surface area contributed by atoms with Gasteiger partial charge in [0, 0.05) is 11.9 Å². The molecular formula is C11H16N2O3S. The Morgan fingerprint density at radius 3 is 2.76 bits per heavy atom. The Kier molecular flexibility index (Phi) is 3.35. The third-order valence-electron chi connectivity index (χ3n) is 3.18. The number of aryl methyl sites for hydroxylation is 2. The molecule has 1 aliphatic heterocycles. The van der Waals surface area contributed by atoms with Crippen molar-refractivity contribution >= 4 is 22.4 Å². The van der Waals surface area contributed by atoms with Crippen molar-refractivity contribution in [1.82, 2.24) is 4.98 Å². The average Bonchev–Trinajstić information content (AvgIpc) is 2.85. The van der Waals surface area contributed by atoms with Crippen LogP contribution in [0.4, 0.5) is 5.13 Å². The SMILES string of the molecule is Cc1nc(N(C)C2COCC2C(=O)O)sc1C. The lowest BCUT2D eigenvalue weighted by Crippen LogP contribution is -2.40. The van der Waals surface area contributed by atoms with Gasteiger partial charge in [-0.3, -0.25) is 4.79 Å². The van der Waals surface area contributed by atoms with Crippen molar-refractivity contribution in [3.63, 3.8) is 0 Å². The standard InChI is InChI=1S/C11H16N2O3S/c1-6-7(2)17-11(12-6)13(3)9-5-16-4-8(9)10(14)15/h8-9H,4-5H2,1-3H3,(H,14,15). The fourth-order valence-corrected chi connectivity index (χ4v) is 2.84. The van der Waals surface area contributed by atoms with Crippen molar-refractivity contribution in [1.29, 1.82) is 0 Å². The lowest BCUT2D eigenvalue weighted by Gasteiger charge is -2.25. The highest BCUT2D eigenvalue weighted by atomic mass is 32.1. The van der Waals surface area contributed by atoms with Crippen LogP contribution in [0.2, 0.25) is 0 Å². The van der Waals surface area contributed by atoms with Crippen LogP contribution in [0.3, 0.4) is 0 Å². The van der Waals surface area contributed by atoms with Crippen LogP contribution < -0.4 is 4.90 Å². The van der Waals surface area contributed by atoms with Crippen molar-refractivity contribution in [3.05, 3.63) is 10.6 Å². The number of nitrogens with zero attached hydrogens (tertiary/aromatic N) is 2. The Bertz CT molecular complexity index is 413. The molecule has 2 rings (SSSR count). The summed E-state index contributed by atoms with van der Waals surface area (Å²) in [6, 6.07) is -0.127. The fraction of sp³-hybridized carbons (Fsp3) is 0.636. The third kappa shape index (κ3) is 2.28. The molecule has 0 radical (unpaired) electrons. The van der Waals surface area contributed by atoms with Crippen molar-refractivity contribution < 1.29 is 14.6 Å². The van der Waals surface area contributed by atoms with Gasteiger partial charge in [0.1, 0.15) is 5.92 Å². The van der Waals surface area contributed by atoms with Gasteiger partial charge in [-0.25, -0.2) is 4.98 Å². The molecule has 94 valence electrons. The van der Waals surface area contributed by atoms with Gasteiger partial charge in [-0.05, 0) is 13.8 Å². The minimum absolute atomic E-state index is 0.127. The molecule has 2 heterocycles. The zero-order chi connectivity index (χ0) is 12.6. The molecule has 1 N–H and O–H groups in total. The number of carbonyl (C=O) groups is 1. The van der Waals surface area contributed by atoms with Crippen LogP contribution in [0.25, 0.3) is 0 Å². The molecule has 5 nitrogen and oxygen atoms in total. The second-order valence-electron chi connectivity index (χ2n) is 4.30. The summed E-state index contributed by atoms with van der Waals surface area (Å²) >= 11 is 1.59. The number of rotatable bonds is 3. The van der Waals surface area contributed by atoms with E-state index in [1.54, 1.807) is 11.3 Å². The number of aliphatic carboxylic acids is 1. The van der Waals surface area contributed by atoms with Gasteiger partial charge in [-0.15, -0.1) is 11.3 Å². The number of hydrogen-bond donors (Lipinski definition) is 1. The van der Waals surface area contributed by atoms with Crippen LogP contribution in [-0.4, -0.2) is 42.4 Å². The number of likely N-dealkylation sites (N-methyl/N-ethyl adjacent to an activating group) is 1. The summed E-state index contributed by atoms with van der Waals surface area (Å²) in [5, 5.41) is 9.98. The summed E-state index contributed by atoms with van der Waals surface area (Å²) < 4.78 is 5.27. The topological polar surface area (TPSA) is 62.7 Å². The molecule has 0 aromatic carbocycles. The number of carboxylic acids is 1. The summed E-state index contributed by atoms with van der Waals surface area (Å²) in [5.41, 5.74) is 1.00. The molecule has 1 aromatic heterocycles. The molecule has 17 heavy (non-hydrogen) atoms. The van der Waals surface area contributed by atoms with Crippen LogP contribution in [0, 0.1) is 19.8 Å². The van der Waals surface area contributed by atoms with Gasteiger partial charge < -0.3 is 14.7 Å². The summed E-state index contributed by atoms with van der Waals surface area (Å²) in [5.74, 6) is -1.27. The van der Waals surface area contributed by atoms with Gasteiger partial charge in [-0.1, -0.05) is 0 Å². The molecule has 0 aliphatic carbocycles. The number of carboxylic acid groups (broad SMARTS) is 1. The van der Waals surface area contributed by atoms with E-state index in [1.165, 1.54) is 0 Å². The molecule has 0 saturated carbocycles. The van der Waals surface area contributed by atoms with E-state index >= 15 is 0 Å². The molecule has 1 fully saturated rings. The third-order valence-corrected chi connectivity index (χ3v) is 4.35. The molecule has 1 saturated heterocycles. The van der Waals surface area contributed by atoms with Crippen LogP contribution in [0.5, 0.6) is 0 Å². The lowest BCUT2D eigenvalue weighted by molar-refractivity contribution is -0.141. The van der Waals surface area contributed by atoms with Gasteiger partial charge in [0.2, 0.25) is 0 Å². The van der Waals surface area contributed by atoms with Crippen LogP contribution in [-0.2, 0) is 9.53 Å². The van der Waals surface area contributed by atoms with Crippen molar-refractivity contribution in [2.24, 2.45) is 5.92 Å². The Hall–Kier alpha value is -1.14. The van der Waals surface area contributed by atoms with Gasteiger partial charge in [0.25, 0.3) is 0 Å². The maximum absolute atomic E-state index is 11.1. The monoisotopic (exact) mass is 256 g/mol. The zero-order valence-electron chi connectivity index (χ0n) is 10.1. The first-order valence-corrected chi connectivity index (χ1v) is 6.29. The quantitative estimate of drug-likeness (QED) is 0.883. The van der Waals surface area contributed by atoms with E-state index in [0.29, 0.717) is 6.61 Å². The summed E-state index contributed by atoms with van der Waals surface area (Å²) in [4.78, 5) is 18.6. The first-order chi connectivity index (χ1) is 8.00. The Labute approximate surface area is 104 Å². The normalized spacial score (nSPS) is 23.9. The number of anilines is 1.